The third-order valence-electron chi connectivity index (χ3n) is 6.17. The molecule has 3 aliphatic heterocycles. The van der Waals surface area contributed by atoms with Crippen LogP contribution in [0.4, 0.5) is 10.5 Å². The van der Waals surface area contributed by atoms with Crippen LogP contribution >= 0.6 is 0 Å². The molecule has 0 aliphatic carbocycles. The van der Waals surface area contributed by atoms with Crippen molar-refractivity contribution in [1.29, 1.82) is 0 Å². The zero-order valence-electron chi connectivity index (χ0n) is 16.3. The number of imide groups is 1. The lowest BCUT2D eigenvalue weighted by Crippen LogP contribution is -2.56. The third-order valence-corrected chi connectivity index (χ3v) is 6.17. The number of carbonyl (C=O) groups excluding carboxylic acids is 3. The number of hydrogen-bond donors (Lipinski definition) is 0. The molecule has 3 saturated heterocycles. The van der Waals surface area contributed by atoms with Crippen molar-refractivity contribution in [2.45, 2.75) is 45.3 Å². The molecular weight excluding hydrogens is 354 g/mol. The van der Waals surface area contributed by atoms with Gasteiger partial charge in [-0.25, -0.2) is 9.69 Å². The van der Waals surface area contributed by atoms with E-state index in [1.165, 1.54) is 4.90 Å². The molecule has 3 fully saturated rings. The van der Waals surface area contributed by atoms with E-state index in [2.05, 4.69) is 0 Å². The fourth-order valence-corrected chi connectivity index (χ4v) is 4.95. The first kappa shape index (κ1) is 17.2. The van der Waals surface area contributed by atoms with Gasteiger partial charge in [-0.1, -0.05) is 57.2 Å². The molecule has 3 atom stereocenters. The number of piperazine rings is 1. The maximum absolute atomic E-state index is 13.4. The molecule has 0 spiro atoms. The second kappa shape index (κ2) is 5.56. The predicted molar refractivity (Wildman–Crippen MR) is 106 cm³/mol. The maximum atomic E-state index is 13.4. The number of urea groups is 1. The van der Waals surface area contributed by atoms with Crippen LogP contribution in [0, 0.1) is 5.41 Å². The van der Waals surface area contributed by atoms with Crippen molar-refractivity contribution in [3.63, 3.8) is 0 Å². The fraction of sp³-hybridized carbons (Fsp3) is 0.409. The Bertz CT molecular complexity index is 1020. The summed E-state index contributed by atoms with van der Waals surface area (Å²) in [4.78, 5) is 44.3. The van der Waals surface area contributed by atoms with Gasteiger partial charge in [0, 0.05) is 17.3 Å². The minimum absolute atomic E-state index is 0.0449. The highest BCUT2D eigenvalue weighted by atomic mass is 16.2. The predicted octanol–water partition coefficient (Wildman–Crippen LogP) is 3.01. The summed E-state index contributed by atoms with van der Waals surface area (Å²) in [5, 5.41) is 1.86. The van der Waals surface area contributed by atoms with Gasteiger partial charge in [0.25, 0.3) is 5.91 Å². The molecule has 28 heavy (non-hydrogen) atoms. The van der Waals surface area contributed by atoms with Gasteiger partial charge in [-0.05, 0) is 17.9 Å². The van der Waals surface area contributed by atoms with Crippen LogP contribution in [-0.4, -0.2) is 52.3 Å². The molecule has 2 aromatic carbocycles. The molecule has 2 aromatic rings. The number of rotatable bonds is 1. The number of amides is 4. The Balaban J connectivity index is 1.54. The molecule has 3 aliphatic rings. The third kappa shape index (κ3) is 2.17. The summed E-state index contributed by atoms with van der Waals surface area (Å²) in [6.07, 6.45) is 0.688. The summed E-state index contributed by atoms with van der Waals surface area (Å²) < 4.78 is 0. The summed E-state index contributed by atoms with van der Waals surface area (Å²) in [6, 6.07) is 12.3. The van der Waals surface area contributed by atoms with Gasteiger partial charge >= 0.3 is 6.03 Å². The van der Waals surface area contributed by atoms with E-state index in [-0.39, 0.29) is 29.9 Å². The topological polar surface area (TPSA) is 60.9 Å². The van der Waals surface area contributed by atoms with Crippen molar-refractivity contribution in [3.8, 4) is 0 Å². The zero-order valence-corrected chi connectivity index (χ0v) is 16.3. The number of benzene rings is 2. The minimum atomic E-state index is -0.573. The van der Waals surface area contributed by atoms with E-state index in [1.807, 2.05) is 68.1 Å². The summed E-state index contributed by atoms with van der Waals surface area (Å²) >= 11 is 0. The van der Waals surface area contributed by atoms with E-state index >= 15 is 0 Å². The molecular formula is C22H23N3O3. The van der Waals surface area contributed by atoms with E-state index in [0.717, 1.165) is 10.8 Å². The Kier molecular flexibility index (Phi) is 3.42. The molecule has 4 amide bonds. The number of fused-ring (bicyclic) bond motifs is 6. The van der Waals surface area contributed by atoms with Crippen LogP contribution in [0.3, 0.4) is 0 Å². The van der Waals surface area contributed by atoms with Crippen LogP contribution < -0.4 is 4.90 Å². The molecule has 3 heterocycles. The van der Waals surface area contributed by atoms with Gasteiger partial charge < -0.3 is 9.80 Å². The highest BCUT2D eigenvalue weighted by Gasteiger charge is 2.63. The Morgan fingerprint density at radius 1 is 1.04 bits per heavy atom. The van der Waals surface area contributed by atoms with Crippen molar-refractivity contribution in [3.05, 3.63) is 42.5 Å². The summed E-state index contributed by atoms with van der Waals surface area (Å²) in [6.45, 7) is 6.19. The molecule has 2 bridgehead atoms. The van der Waals surface area contributed by atoms with E-state index in [1.54, 1.807) is 4.90 Å². The van der Waals surface area contributed by atoms with Gasteiger partial charge in [-0.2, -0.15) is 0 Å². The average Bonchev–Trinajstić information content (AvgIpc) is 3.31. The Hall–Kier alpha value is -2.89. The second-order valence-electron chi connectivity index (χ2n) is 8.97. The van der Waals surface area contributed by atoms with Crippen molar-refractivity contribution in [2.24, 2.45) is 5.41 Å². The van der Waals surface area contributed by atoms with Gasteiger partial charge in [0.2, 0.25) is 5.91 Å². The van der Waals surface area contributed by atoms with E-state index < -0.39 is 11.5 Å². The van der Waals surface area contributed by atoms with Crippen LogP contribution in [0.25, 0.3) is 10.8 Å². The number of anilines is 1. The first-order valence-corrected chi connectivity index (χ1v) is 9.74. The summed E-state index contributed by atoms with van der Waals surface area (Å²) in [5.41, 5.74) is 0.117. The van der Waals surface area contributed by atoms with Gasteiger partial charge in [0.15, 0.2) is 0 Å². The van der Waals surface area contributed by atoms with Gasteiger partial charge in [-0.15, -0.1) is 0 Å². The van der Waals surface area contributed by atoms with E-state index in [4.69, 9.17) is 0 Å². The SMILES string of the molecule is CC(C)(C)C(=O)N1CC2CC1[C@@H]1C(=O)N(c3cccc4ccccc34)C(=O)N21. The number of nitrogens with zero attached hydrogens (tertiary/aromatic N) is 3. The van der Waals surface area contributed by atoms with Crippen LogP contribution in [0.15, 0.2) is 42.5 Å². The summed E-state index contributed by atoms with van der Waals surface area (Å²) in [7, 11) is 0. The largest absolute Gasteiger partial charge is 0.334 e. The van der Waals surface area contributed by atoms with Crippen LogP contribution in [0.5, 0.6) is 0 Å². The van der Waals surface area contributed by atoms with Crippen molar-refractivity contribution in [1.82, 2.24) is 9.80 Å². The quantitative estimate of drug-likeness (QED) is 0.718. The van der Waals surface area contributed by atoms with Gasteiger partial charge in [0.1, 0.15) is 6.04 Å². The molecule has 144 valence electrons. The molecule has 0 radical (unpaired) electrons. The lowest BCUT2D eigenvalue weighted by molar-refractivity contribution is -0.143. The second-order valence-corrected chi connectivity index (χ2v) is 8.97. The van der Waals surface area contributed by atoms with Crippen LogP contribution in [0.1, 0.15) is 27.2 Å². The number of carbonyl (C=O) groups is 3. The first-order valence-electron chi connectivity index (χ1n) is 9.74. The van der Waals surface area contributed by atoms with Crippen LogP contribution in [0.2, 0.25) is 0 Å². The van der Waals surface area contributed by atoms with Crippen molar-refractivity contribution in [2.75, 3.05) is 11.4 Å². The number of likely N-dealkylation sites (tertiary alicyclic amines) is 1. The molecule has 6 nitrogen and oxygen atoms in total. The van der Waals surface area contributed by atoms with Gasteiger partial charge in [-0.3, -0.25) is 9.59 Å². The molecule has 2 unspecified atom stereocenters. The van der Waals surface area contributed by atoms with Gasteiger partial charge in [0.05, 0.1) is 17.8 Å². The monoisotopic (exact) mass is 377 g/mol. The normalized spacial score (nSPS) is 26.5. The van der Waals surface area contributed by atoms with Crippen molar-refractivity contribution >= 4 is 34.3 Å². The standard InChI is InChI=1S/C22H23N3O3/c1-22(2,3)20(27)23-12-14-11-17(23)18-19(26)25(21(28)24(14)18)16-10-6-8-13-7-4-5-9-15(13)16/h4-10,14,17-18H,11-12H2,1-3H3/t14?,17?,18-/m1/s1. The minimum Gasteiger partial charge on any atom is -0.334 e. The fourth-order valence-electron chi connectivity index (χ4n) is 4.95. The lowest BCUT2D eigenvalue weighted by Gasteiger charge is -2.37. The maximum Gasteiger partial charge on any atom is 0.332 e. The van der Waals surface area contributed by atoms with E-state index in [0.29, 0.717) is 18.7 Å². The molecule has 0 N–H and O–H groups in total. The molecule has 0 saturated carbocycles. The first-order chi connectivity index (χ1) is 13.3. The highest BCUT2D eigenvalue weighted by molar-refractivity contribution is 6.25. The lowest BCUT2D eigenvalue weighted by atomic mass is 9.93. The zero-order chi connectivity index (χ0) is 19.8. The Labute approximate surface area is 163 Å². The Morgan fingerprint density at radius 3 is 2.50 bits per heavy atom. The summed E-state index contributed by atoms with van der Waals surface area (Å²) in [5.74, 6) is -0.177. The smallest absolute Gasteiger partial charge is 0.332 e. The average molecular weight is 377 g/mol. The van der Waals surface area contributed by atoms with E-state index in [9.17, 15) is 14.4 Å². The Morgan fingerprint density at radius 2 is 1.75 bits per heavy atom. The number of hydrogen-bond acceptors (Lipinski definition) is 3. The van der Waals surface area contributed by atoms with Crippen LogP contribution in [-0.2, 0) is 9.59 Å². The molecule has 0 aromatic heterocycles. The molecule has 6 heteroatoms. The van der Waals surface area contributed by atoms with Crippen molar-refractivity contribution < 1.29 is 14.4 Å². The highest BCUT2D eigenvalue weighted by Crippen LogP contribution is 2.44. The molecule has 5 rings (SSSR count).